The van der Waals surface area contributed by atoms with Gasteiger partial charge in [0.1, 0.15) is 0 Å². The molecule has 0 aliphatic rings. The highest BCUT2D eigenvalue weighted by Crippen LogP contribution is 2.32. The number of rotatable bonds is 4. The second kappa shape index (κ2) is 6.51. The smallest absolute Gasteiger partial charge is 0.299 e. The van der Waals surface area contributed by atoms with Crippen LogP contribution in [0.15, 0.2) is 46.9 Å². The monoisotopic (exact) mass is 397 g/mol. The second-order valence-corrected chi connectivity index (χ2v) is 8.51. The van der Waals surface area contributed by atoms with Crippen LogP contribution in [-0.2, 0) is 10.2 Å². The molecule has 7 heteroatoms. The van der Waals surface area contributed by atoms with E-state index in [1.165, 1.54) is 0 Å². The molecule has 2 rings (SSSR count). The predicted molar refractivity (Wildman–Crippen MR) is 99.4 cm³/mol. The van der Waals surface area contributed by atoms with Crippen LogP contribution < -0.4 is 15.2 Å². The molecule has 0 saturated carbocycles. The molecule has 0 aromatic heterocycles. The van der Waals surface area contributed by atoms with E-state index >= 15 is 0 Å². The molecule has 0 spiro atoms. The van der Waals surface area contributed by atoms with Gasteiger partial charge in [-0.25, -0.2) is 0 Å². The Balaban J connectivity index is 2.40. The summed E-state index contributed by atoms with van der Waals surface area (Å²) in [5.74, 6) is 0. The molecule has 0 fully saturated rings. The molecule has 0 radical (unpaired) electrons. The average molecular weight is 398 g/mol. The zero-order valence-corrected chi connectivity index (χ0v) is 15.6. The average Bonchev–Trinajstić information content (AvgIpc) is 2.39. The first-order chi connectivity index (χ1) is 10.6. The van der Waals surface area contributed by atoms with Gasteiger partial charge < -0.3 is 5.73 Å². The first-order valence-corrected chi connectivity index (χ1v) is 9.31. The van der Waals surface area contributed by atoms with Gasteiger partial charge >= 0.3 is 0 Å². The van der Waals surface area contributed by atoms with E-state index in [9.17, 15) is 8.42 Å². The minimum Gasteiger partial charge on any atom is -0.398 e. The molecule has 0 amide bonds. The van der Waals surface area contributed by atoms with Crippen LogP contribution in [0.1, 0.15) is 20.8 Å². The molecular formula is C16H20BrN3O2S. The SMILES string of the molecule is CC(C)(C)NS(=O)(=O)Nc1ccccc1-c1ccc(N)c(Br)c1. The van der Waals surface area contributed by atoms with E-state index in [1.807, 2.05) is 24.3 Å². The maximum atomic E-state index is 12.3. The fraction of sp³-hybridized carbons (Fsp3) is 0.250. The normalized spacial score (nSPS) is 12.2. The number of nitrogens with one attached hydrogen (secondary N) is 2. The third kappa shape index (κ3) is 4.95. The molecule has 0 saturated heterocycles. The van der Waals surface area contributed by atoms with Crippen molar-refractivity contribution >= 4 is 37.5 Å². The summed E-state index contributed by atoms with van der Waals surface area (Å²) < 4.78 is 30.5. The van der Waals surface area contributed by atoms with E-state index in [0.717, 1.165) is 15.6 Å². The summed E-state index contributed by atoms with van der Waals surface area (Å²) in [4.78, 5) is 0. The van der Waals surface area contributed by atoms with E-state index in [4.69, 9.17) is 5.73 Å². The number of halogens is 1. The topological polar surface area (TPSA) is 84.2 Å². The Labute approximate surface area is 145 Å². The minimum absolute atomic E-state index is 0.501. The number of nitrogens with two attached hydrogens (primary N) is 1. The van der Waals surface area contributed by atoms with Gasteiger partial charge in [-0.3, -0.25) is 4.72 Å². The Morgan fingerprint density at radius 3 is 2.35 bits per heavy atom. The van der Waals surface area contributed by atoms with Crippen LogP contribution in [-0.4, -0.2) is 14.0 Å². The van der Waals surface area contributed by atoms with Crippen molar-refractivity contribution in [3.05, 3.63) is 46.9 Å². The van der Waals surface area contributed by atoms with Crippen molar-refractivity contribution in [1.82, 2.24) is 4.72 Å². The molecule has 23 heavy (non-hydrogen) atoms. The van der Waals surface area contributed by atoms with Crippen molar-refractivity contribution in [2.24, 2.45) is 0 Å². The maximum Gasteiger partial charge on any atom is 0.299 e. The minimum atomic E-state index is -3.68. The lowest BCUT2D eigenvalue weighted by atomic mass is 10.0. The second-order valence-electron chi connectivity index (χ2n) is 6.24. The lowest BCUT2D eigenvalue weighted by molar-refractivity contribution is 0.494. The summed E-state index contributed by atoms with van der Waals surface area (Å²) in [7, 11) is -3.68. The van der Waals surface area contributed by atoms with Crippen molar-refractivity contribution < 1.29 is 8.42 Å². The van der Waals surface area contributed by atoms with Crippen molar-refractivity contribution in [2.75, 3.05) is 10.5 Å². The highest BCUT2D eigenvalue weighted by Gasteiger charge is 2.20. The molecule has 0 unspecified atom stereocenters. The number of nitrogen functional groups attached to an aromatic ring is 1. The molecular weight excluding hydrogens is 378 g/mol. The van der Waals surface area contributed by atoms with Crippen LogP contribution in [0.25, 0.3) is 11.1 Å². The Kier molecular flexibility index (Phi) is 5.03. The molecule has 124 valence electrons. The third-order valence-corrected chi connectivity index (χ3v) is 4.98. The van der Waals surface area contributed by atoms with Gasteiger partial charge in [0.25, 0.3) is 10.2 Å². The molecule has 0 bridgehead atoms. The molecule has 0 aliphatic carbocycles. The van der Waals surface area contributed by atoms with E-state index in [2.05, 4.69) is 25.4 Å². The molecule has 2 aromatic carbocycles. The zero-order chi connectivity index (χ0) is 17.3. The lowest BCUT2D eigenvalue weighted by Gasteiger charge is -2.21. The van der Waals surface area contributed by atoms with Gasteiger partial charge in [-0.1, -0.05) is 24.3 Å². The van der Waals surface area contributed by atoms with E-state index in [-0.39, 0.29) is 0 Å². The van der Waals surface area contributed by atoms with Gasteiger partial charge in [0.15, 0.2) is 0 Å². The van der Waals surface area contributed by atoms with Gasteiger partial charge in [0, 0.05) is 21.3 Å². The van der Waals surface area contributed by atoms with Gasteiger partial charge in [0.2, 0.25) is 0 Å². The van der Waals surface area contributed by atoms with Gasteiger partial charge in [0.05, 0.1) is 5.69 Å². The molecule has 0 atom stereocenters. The van der Waals surface area contributed by atoms with Crippen LogP contribution in [0.2, 0.25) is 0 Å². The standard InChI is InChI=1S/C16H20BrN3O2S/c1-16(2,3)20-23(21,22)19-15-7-5-4-6-12(15)11-8-9-14(18)13(17)10-11/h4-10,19-20H,18H2,1-3H3. The number of anilines is 2. The number of para-hydroxylation sites is 1. The van der Waals surface area contributed by atoms with E-state index < -0.39 is 15.7 Å². The van der Waals surface area contributed by atoms with Gasteiger partial charge in [-0.15, -0.1) is 0 Å². The van der Waals surface area contributed by atoms with Gasteiger partial charge in [-0.2, -0.15) is 13.1 Å². The van der Waals surface area contributed by atoms with E-state index in [1.54, 1.807) is 39.0 Å². The Bertz CT molecular complexity index is 814. The summed E-state index contributed by atoms with van der Waals surface area (Å²) in [5, 5.41) is 0. The fourth-order valence-electron chi connectivity index (χ4n) is 2.09. The largest absolute Gasteiger partial charge is 0.398 e. The molecule has 4 N–H and O–H groups in total. The summed E-state index contributed by atoms with van der Waals surface area (Å²) >= 11 is 3.39. The Morgan fingerprint density at radius 1 is 1.09 bits per heavy atom. The number of hydrogen-bond donors (Lipinski definition) is 3. The van der Waals surface area contributed by atoms with Crippen molar-refractivity contribution in [3.8, 4) is 11.1 Å². The maximum absolute atomic E-state index is 12.3. The molecule has 0 aliphatic heterocycles. The molecule has 5 nitrogen and oxygen atoms in total. The third-order valence-electron chi connectivity index (χ3n) is 2.92. The van der Waals surface area contributed by atoms with Gasteiger partial charge in [-0.05, 0) is 60.5 Å². The van der Waals surface area contributed by atoms with Crippen LogP contribution in [0.4, 0.5) is 11.4 Å². The van der Waals surface area contributed by atoms with Crippen molar-refractivity contribution in [1.29, 1.82) is 0 Å². The van der Waals surface area contributed by atoms with Crippen molar-refractivity contribution in [3.63, 3.8) is 0 Å². The highest BCUT2D eigenvalue weighted by molar-refractivity contribution is 9.10. The number of benzene rings is 2. The summed E-state index contributed by atoms with van der Waals surface area (Å²) in [6, 6.07) is 12.7. The quantitative estimate of drug-likeness (QED) is 0.686. The lowest BCUT2D eigenvalue weighted by Crippen LogP contribution is -2.43. The van der Waals surface area contributed by atoms with Crippen LogP contribution in [0, 0.1) is 0 Å². The van der Waals surface area contributed by atoms with Crippen molar-refractivity contribution in [2.45, 2.75) is 26.3 Å². The number of hydrogen-bond acceptors (Lipinski definition) is 3. The first kappa shape index (κ1) is 17.8. The summed E-state index contributed by atoms with van der Waals surface area (Å²) in [5.41, 5.74) is 8.00. The fourth-order valence-corrected chi connectivity index (χ4v) is 3.80. The highest BCUT2D eigenvalue weighted by atomic mass is 79.9. The molecule has 2 aromatic rings. The Hall–Kier alpha value is -1.57. The predicted octanol–water partition coefficient (Wildman–Crippen LogP) is 3.74. The first-order valence-electron chi connectivity index (χ1n) is 7.03. The Morgan fingerprint density at radius 2 is 1.74 bits per heavy atom. The van der Waals surface area contributed by atoms with Crippen LogP contribution >= 0.6 is 15.9 Å². The van der Waals surface area contributed by atoms with Crippen LogP contribution in [0.5, 0.6) is 0 Å². The summed E-state index contributed by atoms with van der Waals surface area (Å²) in [6.07, 6.45) is 0. The van der Waals surface area contributed by atoms with Crippen LogP contribution in [0.3, 0.4) is 0 Å². The zero-order valence-electron chi connectivity index (χ0n) is 13.2. The summed E-state index contributed by atoms with van der Waals surface area (Å²) in [6.45, 7) is 5.36. The molecule has 0 heterocycles. The van der Waals surface area contributed by atoms with E-state index in [0.29, 0.717) is 11.4 Å².